The summed E-state index contributed by atoms with van der Waals surface area (Å²) in [4.78, 5) is 49.6. The van der Waals surface area contributed by atoms with Crippen molar-refractivity contribution < 1.29 is 28.8 Å². The van der Waals surface area contributed by atoms with Gasteiger partial charge >= 0.3 is 0 Å². The minimum Gasteiger partial charge on any atom is -0.490 e. The van der Waals surface area contributed by atoms with Gasteiger partial charge in [0.1, 0.15) is 13.2 Å². The fourth-order valence-corrected chi connectivity index (χ4v) is 4.60. The van der Waals surface area contributed by atoms with Crippen molar-refractivity contribution in [1.29, 1.82) is 0 Å². The Labute approximate surface area is 228 Å². The Hall–Kier alpha value is -4.64. The van der Waals surface area contributed by atoms with Crippen molar-refractivity contribution in [3.8, 4) is 11.5 Å². The molecule has 39 heavy (non-hydrogen) atoms. The average Bonchev–Trinajstić information content (AvgIpc) is 3.17. The van der Waals surface area contributed by atoms with Gasteiger partial charge in [0.15, 0.2) is 11.5 Å². The van der Waals surface area contributed by atoms with Crippen molar-refractivity contribution in [3.05, 3.63) is 98.4 Å². The van der Waals surface area contributed by atoms with Crippen LogP contribution in [0.4, 0.5) is 16.2 Å². The molecule has 10 nitrogen and oxygen atoms in total. The van der Waals surface area contributed by atoms with Crippen LogP contribution >= 0.6 is 11.8 Å². The van der Waals surface area contributed by atoms with Crippen LogP contribution < -0.4 is 14.8 Å². The Morgan fingerprint density at radius 2 is 1.85 bits per heavy atom. The first-order valence-electron chi connectivity index (χ1n) is 12.0. The molecular formula is C28H25N3O7S. The number of ether oxygens (including phenoxy) is 2. The number of non-ortho nitro benzene ring substituents is 1. The number of rotatable bonds is 10. The first-order valence-corrected chi connectivity index (χ1v) is 12.8. The summed E-state index contributed by atoms with van der Waals surface area (Å²) in [6.07, 6.45) is 1.55. The number of hydrogen-bond acceptors (Lipinski definition) is 8. The van der Waals surface area contributed by atoms with E-state index in [0.29, 0.717) is 34.9 Å². The van der Waals surface area contributed by atoms with Crippen molar-refractivity contribution in [2.24, 2.45) is 0 Å². The van der Waals surface area contributed by atoms with Gasteiger partial charge in [0.05, 0.1) is 16.4 Å². The van der Waals surface area contributed by atoms with Crippen LogP contribution in [0.15, 0.2) is 71.6 Å². The maximum absolute atomic E-state index is 12.9. The summed E-state index contributed by atoms with van der Waals surface area (Å²) in [5.74, 6) is -0.208. The van der Waals surface area contributed by atoms with Crippen LogP contribution in [0, 0.1) is 17.0 Å². The maximum atomic E-state index is 12.9. The molecule has 0 aliphatic carbocycles. The molecule has 0 radical (unpaired) electrons. The van der Waals surface area contributed by atoms with Gasteiger partial charge < -0.3 is 14.8 Å². The summed E-state index contributed by atoms with van der Waals surface area (Å²) in [5, 5.41) is 13.2. The number of imide groups is 1. The fraction of sp³-hybridized carbons (Fsp3) is 0.179. The number of thioether (sulfide) groups is 1. The van der Waals surface area contributed by atoms with E-state index >= 15 is 0 Å². The molecule has 0 saturated carbocycles. The van der Waals surface area contributed by atoms with Gasteiger partial charge in [-0.3, -0.25) is 29.4 Å². The highest BCUT2D eigenvalue weighted by Crippen LogP contribution is 2.35. The van der Waals surface area contributed by atoms with Gasteiger partial charge in [0, 0.05) is 17.8 Å². The lowest BCUT2D eigenvalue weighted by molar-refractivity contribution is -0.384. The van der Waals surface area contributed by atoms with E-state index in [4.69, 9.17) is 9.47 Å². The molecule has 1 aliphatic rings. The molecular weight excluding hydrogens is 522 g/mol. The molecule has 1 heterocycles. The van der Waals surface area contributed by atoms with E-state index < -0.39 is 28.5 Å². The quantitative estimate of drug-likeness (QED) is 0.199. The number of para-hydroxylation sites is 1. The van der Waals surface area contributed by atoms with E-state index in [-0.39, 0.29) is 17.2 Å². The third kappa shape index (κ3) is 6.82. The van der Waals surface area contributed by atoms with Crippen molar-refractivity contribution in [2.45, 2.75) is 20.5 Å². The number of hydrogen-bond donors (Lipinski definition) is 1. The number of nitro groups is 1. The van der Waals surface area contributed by atoms with Gasteiger partial charge in [-0.25, -0.2) is 0 Å². The zero-order chi connectivity index (χ0) is 27.9. The largest absolute Gasteiger partial charge is 0.490 e. The smallest absolute Gasteiger partial charge is 0.294 e. The molecule has 0 unspecified atom stereocenters. The monoisotopic (exact) mass is 547 g/mol. The summed E-state index contributed by atoms with van der Waals surface area (Å²) in [6, 6.07) is 18.4. The van der Waals surface area contributed by atoms with Crippen LogP contribution in [0.25, 0.3) is 6.08 Å². The standard InChI is InChI=1S/C28H25N3O7S/c1-3-37-24-14-19(11-12-23(24)38-17-20-8-6-9-21(13-20)31(35)36)15-25-27(33)30(28(34)39-25)16-26(32)29-22-10-5-4-7-18(22)2/h4-15H,3,16-17H2,1-2H3,(H,29,32)/b25-15+. The summed E-state index contributed by atoms with van der Waals surface area (Å²) in [5.41, 5.74) is 2.66. The highest BCUT2D eigenvalue weighted by Gasteiger charge is 2.36. The van der Waals surface area contributed by atoms with Gasteiger partial charge in [-0.1, -0.05) is 36.4 Å². The molecule has 11 heteroatoms. The van der Waals surface area contributed by atoms with Crippen LogP contribution in [0.1, 0.15) is 23.6 Å². The minimum absolute atomic E-state index is 0.0295. The Bertz CT molecular complexity index is 1470. The number of carbonyl (C=O) groups excluding carboxylic acids is 3. The molecule has 200 valence electrons. The van der Waals surface area contributed by atoms with Crippen molar-refractivity contribution in [3.63, 3.8) is 0 Å². The molecule has 3 aromatic carbocycles. The molecule has 3 amide bonds. The third-order valence-electron chi connectivity index (χ3n) is 5.68. The molecule has 0 bridgehead atoms. The predicted molar refractivity (Wildman–Crippen MR) is 148 cm³/mol. The lowest BCUT2D eigenvalue weighted by Crippen LogP contribution is -2.36. The Balaban J connectivity index is 1.45. The van der Waals surface area contributed by atoms with Gasteiger partial charge in [-0.05, 0) is 66.6 Å². The average molecular weight is 548 g/mol. The van der Waals surface area contributed by atoms with Gasteiger partial charge in [0.2, 0.25) is 5.91 Å². The van der Waals surface area contributed by atoms with E-state index in [2.05, 4.69) is 5.32 Å². The Kier molecular flexibility index (Phi) is 8.62. The second kappa shape index (κ2) is 12.3. The topological polar surface area (TPSA) is 128 Å². The predicted octanol–water partition coefficient (Wildman–Crippen LogP) is 5.56. The first-order chi connectivity index (χ1) is 18.7. The Morgan fingerprint density at radius 1 is 1.05 bits per heavy atom. The lowest BCUT2D eigenvalue weighted by atomic mass is 10.1. The van der Waals surface area contributed by atoms with Crippen LogP contribution in [0.2, 0.25) is 0 Å². The van der Waals surface area contributed by atoms with E-state index in [1.165, 1.54) is 12.1 Å². The lowest BCUT2D eigenvalue weighted by Gasteiger charge is -2.14. The van der Waals surface area contributed by atoms with E-state index in [1.54, 1.807) is 48.5 Å². The van der Waals surface area contributed by atoms with Gasteiger partial charge in [-0.2, -0.15) is 0 Å². The zero-order valence-corrected chi connectivity index (χ0v) is 22.0. The number of aryl methyl sites for hydroxylation is 1. The Morgan fingerprint density at radius 3 is 2.59 bits per heavy atom. The normalized spacial score (nSPS) is 14.0. The molecule has 0 aromatic heterocycles. The van der Waals surface area contributed by atoms with Crippen LogP contribution in [0.3, 0.4) is 0 Å². The van der Waals surface area contributed by atoms with Crippen LogP contribution in [0.5, 0.6) is 11.5 Å². The fourth-order valence-electron chi connectivity index (χ4n) is 3.76. The van der Waals surface area contributed by atoms with Crippen LogP contribution in [-0.4, -0.2) is 40.0 Å². The number of anilines is 1. The number of carbonyl (C=O) groups is 3. The molecule has 1 aliphatic heterocycles. The SMILES string of the molecule is CCOc1cc(/C=C2/SC(=O)N(CC(=O)Nc3ccccc3C)C2=O)ccc1OCc1cccc([N+](=O)[O-])c1. The zero-order valence-electron chi connectivity index (χ0n) is 21.2. The van der Waals surface area contributed by atoms with E-state index in [0.717, 1.165) is 22.2 Å². The summed E-state index contributed by atoms with van der Waals surface area (Å²) < 4.78 is 11.5. The molecule has 1 saturated heterocycles. The summed E-state index contributed by atoms with van der Waals surface area (Å²) in [7, 11) is 0. The number of amides is 3. The minimum atomic E-state index is -0.561. The third-order valence-corrected chi connectivity index (χ3v) is 6.58. The first kappa shape index (κ1) is 27.4. The van der Waals surface area contributed by atoms with Gasteiger partial charge in [0.25, 0.3) is 16.8 Å². The van der Waals surface area contributed by atoms with Gasteiger partial charge in [-0.15, -0.1) is 0 Å². The van der Waals surface area contributed by atoms with E-state index in [9.17, 15) is 24.5 Å². The molecule has 4 rings (SSSR count). The van der Waals surface area contributed by atoms with Crippen molar-refractivity contribution in [2.75, 3.05) is 18.5 Å². The summed E-state index contributed by atoms with van der Waals surface area (Å²) >= 11 is 0.754. The number of nitrogens with zero attached hydrogens (tertiary/aromatic N) is 2. The highest BCUT2D eigenvalue weighted by atomic mass is 32.2. The van der Waals surface area contributed by atoms with Crippen molar-refractivity contribution >= 4 is 46.3 Å². The van der Waals surface area contributed by atoms with E-state index in [1.807, 2.05) is 26.0 Å². The maximum Gasteiger partial charge on any atom is 0.294 e. The highest BCUT2D eigenvalue weighted by molar-refractivity contribution is 8.18. The van der Waals surface area contributed by atoms with Crippen molar-refractivity contribution in [1.82, 2.24) is 4.90 Å². The molecule has 3 aromatic rings. The molecule has 0 atom stereocenters. The summed E-state index contributed by atoms with van der Waals surface area (Å²) in [6.45, 7) is 3.70. The second-order valence-electron chi connectivity index (χ2n) is 8.49. The molecule has 1 fully saturated rings. The molecule has 0 spiro atoms. The second-order valence-corrected chi connectivity index (χ2v) is 9.48. The number of benzene rings is 3. The van der Waals surface area contributed by atoms with Crippen LogP contribution in [-0.2, 0) is 16.2 Å². The number of nitrogens with one attached hydrogen (secondary N) is 1. The number of nitro benzene ring substituents is 1. The molecule has 1 N–H and O–H groups in total.